The highest BCUT2D eigenvalue weighted by Gasteiger charge is 2.00. The van der Waals surface area contributed by atoms with Crippen LogP contribution in [0.2, 0.25) is 0 Å². The first-order chi connectivity index (χ1) is 11.8. The molecule has 0 bridgehead atoms. The predicted molar refractivity (Wildman–Crippen MR) is 96.6 cm³/mol. The zero-order valence-corrected chi connectivity index (χ0v) is 14.0. The molecule has 3 nitrogen and oxygen atoms in total. The van der Waals surface area contributed by atoms with Gasteiger partial charge in [-0.05, 0) is 36.1 Å². The molecule has 3 heteroatoms. The molecule has 124 valence electrons. The Kier molecular flexibility index (Phi) is 7.43. The van der Waals surface area contributed by atoms with E-state index in [1.807, 2.05) is 42.5 Å². The summed E-state index contributed by atoms with van der Waals surface area (Å²) in [7, 11) is 0. The van der Waals surface area contributed by atoms with Crippen molar-refractivity contribution in [3.05, 3.63) is 71.3 Å². The summed E-state index contributed by atoms with van der Waals surface area (Å²) in [6, 6.07) is 17.8. The van der Waals surface area contributed by atoms with Gasteiger partial charge in [0.1, 0.15) is 6.61 Å². The average Bonchev–Trinajstić information content (AvgIpc) is 2.63. The van der Waals surface area contributed by atoms with Gasteiger partial charge in [0.2, 0.25) is 0 Å². The number of amides is 1. The van der Waals surface area contributed by atoms with Crippen LogP contribution in [-0.4, -0.2) is 12.6 Å². The van der Waals surface area contributed by atoms with Gasteiger partial charge in [0.05, 0.1) is 6.54 Å². The Balaban J connectivity index is 1.70. The minimum Gasteiger partial charge on any atom is -0.445 e. The maximum atomic E-state index is 11.6. The van der Waals surface area contributed by atoms with E-state index in [2.05, 4.69) is 36.2 Å². The Bertz CT molecular complexity index is 681. The molecule has 0 aromatic heterocycles. The first kappa shape index (κ1) is 17.6. The number of aryl methyl sites for hydroxylation is 1. The smallest absolute Gasteiger partial charge is 0.408 e. The van der Waals surface area contributed by atoms with E-state index in [9.17, 15) is 4.79 Å². The van der Waals surface area contributed by atoms with E-state index in [-0.39, 0.29) is 13.2 Å². The maximum absolute atomic E-state index is 11.6. The lowest BCUT2D eigenvalue weighted by atomic mass is 10.1. The first-order valence-electron chi connectivity index (χ1n) is 8.30. The Hall–Kier alpha value is -2.73. The molecule has 0 fully saturated rings. The number of hydrogen-bond acceptors (Lipinski definition) is 2. The third-order valence-corrected chi connectivity index (χ3v) is 3.54. The van der Waals surface area contributed by atoms with Crippen LogP contribution in [0.5, 0.6) is 0 Å². The van der Waals surface area contributed by atoms with Gasteiger partial charge in [0.25, 0.3) is 0 Å². The Morgan fingerprint density at radius 1 is 1.04 bits per heavy atom. The number of nitrogens with one attached hydrogen (secondary N) is 1. The van der Waals surface area contributed by atoms with Crippen LogP contribution in [0.3, 0.4) is 0 Å². The highest BCUT2D eigenvalue weighted by Crippen LogP contribution is 2.07. The molecule has 0 aliphatic carbocycles. The van der Waals surface area contributed by atoms with E-state index in [0.717, 1.165) is 17.5 Å². The summed E-state index contributed by atoms with van der Waals surface area (Å²) in [6.45, 7) is 2.72. The van der Waals surface area contributed by atoms with Crippen LogP contribution < -0.4 is 5.32 Å². The number of benzene rings is 2. The zero-order valence-electron chi connectivity index (χ0n) is 14.0. The molecule has 2 aromatic rings. The van der Waals surface area contributed by atoms with Crippen molar-refractivity contribution in [1.82, 2.24) is 5.32 Å². The maximum Gasteiger partial charge on any atom is 0.408 e. The third-order valence-electron chi connectivity index (χ3n) is 3.54. The van der Waals surface area contributed by atoms with Crippen LogP contribution in [0.15, 0.2) is 54.6 Å². The van der Waals surface area contributed by atoms with Gasteiger partial charge in [-0.25, -0.2) is 4.79 Å². The third kappa shape index (κ3) is 6.58. The molecule has 0 aliphatic heterocycles. The number of hydrogen-bond donors (Lipinski definition) is 1. The van der Waals surface area contributed by atoms with Crippen LogP contribution in [0.25, 0.3) is 0 Å². The normalized spacial score (nSPS) is 9.71. The molecule has 1 amide bonds. The van der Waals surface area contributed by atoms with Crippen LogP contribution >= 0.6 is 0 Å². The standard InChI is InChI=1S/C21H23NO2/c1-2-3-8-18-12-14-19(15-13-18)11-7-16-22-21(23)24-17-20-9-5-4-6-10-20/h4-6,9-10,12-15H,2-3,8,16-17H2,1H3,(H,22,23). The fourth-order valence-electron chi connectivity index (χ4n) is 2.17. The summed E-state index contributed by atoms with van der Waals surface area (Å²) >= 11 is 0. The van der Waals surface area contributed by atoms with Crippen molar-refractivity contribution in [2.24, 2.45) is 0 Å². The van der Waals surface area contributed by atoms with E-state index < -0.39 is 6.09 Å². The van der Waals surface area contributed by atoms with Gasteiger partial charge < -0.3 is 10.1 Å². The Morgan fingerprint density at radius 2 is 1.79 bits per heavy atom. The molecule has 2 aromatic carbocycles. The van der Waals surface area contributed by atoms with Gasteiger partial charge in [-0.15, -0.1) is 0 Å². The number of carbonyl (C=O) groups excluding carboxylic acids is 1. The molecule has 0 spiro atoms. The first-order valence-corrected chi connectivity index (χ1v) is 8.30. The summed E-state index contributed by atoms with van der Waals surface area (Å²) in [5.41, 5.74) is 3.25. The number of alkyl carbamates (subject to hydrolysis) is 1. The highest BCUT2D eigenvalue weighted by atomic mass is 16.5. The zero-order chi connectivity index (χ0) is 17.0. The lowest BCUT2D eigenvalue weighted by Gasteiger charge is -2.04. The molecule has 24 heavy (non-hydrogen) atoms. The van der Waals surface area contributed by atoms with Gasteiger partial charge in [-0.1, -0.05) is 67.6 Å². The molecule has 0 unspecified atom stereocenters. The van der Waals surface area contributed by atoms with Gasteiger partial charge in [0, 0.05) is 5.56 Å². The van der Waals surface area contributed by atoms with Crippen molar-refractivity contribution in [3.8, 4) is 11.8 Å². The summed E-state index contributed by atoms with van der Waals surface area (Å²) in [5.74, 6) is 5.97. The Morgan fingerprint density at radius 3 is 2.50 bits per heavy atom. The number of carbonyl (C=O) groups is 1. The molecule has 1 N–H and O–H groups in total. The summed E-state index contributed by atoms with van der Waals surface area (Å²) in [6.07, 6.45) is 3.06. The minimum absolute atomic E-state index is 0.263. The largest absolute Gasteiger partial charge is 0.445 e. The molecular formula is C21H23NO2. The van der Waals surface area contributed by atoms with Crippen molar-refractivity contribution in [2.45, 2.75) is 32.8 Å². The van der Waals surface area contributed by atoms with E-state index >= 15 is 0 Å². The number of ether oxygens (including phenoxy) is 1. The quantitative estimate of drug-likeness (QED) is 0.805. The lowest BCUT2D eigenvalue weighted by Crippen LogP contribution is -2.24. The average molecular weight is 321 g/mol. The highest BCUT2D eigenvalue weighted by molar-refractivity contribution is 5.67. The van der Waals surface area contributed by atoms with E-state index in [1.54, 1.807) is 0 Å². The van der Waals surface area contributed by atoms with Gasteiger partial charge in [-0.3, -0.25) is 0 Å². The molecular weight excluding hydrogens is 298 g/mol. The van der Waals surface area contributed by atoms with E-state index in [1.165, 1.54) is 18.4 Å². The fourth-order valence-corrected chi connectivity index (χ4v) is 2.17. The monoisotopic (exact) mass is 321 g/mol. The van der Waals surface area contributed by atoms with Crippen molar-refractivity contribution >= 4 is 6.09 Å². The van der Waals surface area contributed by atoms with Gasteiger partial charge >= 0.3 is 6.09 Å². The lowest BCUT2D eigenvalue weighted by molar-refractivity contribution is 0.141. The molecule has 2 rings (SSSR count). The Labute approximate surface area is 144 Å². The van der Waals surface area contributed by atoms with Gasteiger partial charge in [-0.2, -0.15) is 0 Å². The molecule has 0 aliphatic rings. The van der Waals surface area contributed by atoms with Crippen molar-refractivity contribution in [3.63, 3.8) is 0 Å². The predicted octanol–water partition coefficient (Wildman–Crippen LogP) is 4.31. The van der Waals surface area contributed by atoms with E-state index in [0.29, 0.717) is 0 Å². The van der Waals surface area contributed by atoms with Crippen LogP contribution in [0.1, 0.15) is 36.5 Å². The van der Waals surface area contributed by atoms with Crippen molar-refractivity contribution < 1.29 is 9.53 Å². The summed E-state index contributed by atoms with van der Waals surface area (Å²) in [5, 5.41) is 2.63. The number of unbranched alkanes of at least 4 members (excludes halogenated alkanes) is 1. The SMILES string of the molecule is CCCCc1ccc(C#CCNC(=O)OCc2ccccc2)cc1. The summed E-state index contributed by atoms with van der Waals surface area (Å²) < 4.78 is 5.12. The minimum atomic E-state index is -0.455. The molecule has 0 saturated heterocycles. The molecule has 0 radical (unpaired) electrons. The van der Waals surface area contributed by atoms with Crippen molar-refractivity contribution in [1.29, 1.82) is 0 Å². The second-order valence-corrected chi connectivity index (χ2v) is 5.52. The summed E-state index contributed by atoms with van der Waals surface area (Å²) in [4.78, 5) is 11.6. The second-order valence-electron chi connectivity index (χ2n) is 5.52. The van der Waals surface area contributed by atoms with Gasteiger partial charge in [0.15, 0.2) is 0 Å². The molecule has 0 saturated carbocycles. The van der Waals surface area contributed by atoms with Crippen LogP contribution in [0, 0.1) is 11.8 Å². The van der Waals surface area contributed by atoms with Crippen LogP contribution in [-0.2, 0) is 17.8 Å². The molecule has 0 heterocycles. The molecule has 0 atom stereocenters. The fraction of sp³-hybridized carbons (Fsp3) is 0.286. The van der Waals surface area contributed by atoms with Crippen LogP contribution in [0.4, 0.5) is 4.79 Å². The number of rotatable bonds is 6. The topological polar surface area (TPSA) is 38.3 Å². The second kappa shape index (κ2) is 10.1. The van der Waals surface area contributed by atoms with E-state index in [4.69, 9.17) is 4.74 Å². The van der Waals surface area contributed by atoms with Crippen molar-refractivity contribution in [2.75, 3.05) is 6.54 Å².